The third kappa shape index (κ3) is 6.00. The highest BCUT2D eigenvalue weighted by Crippen LogP contribution is 2.33. The summed E-state index contributed by atoms with van der Waals surface area (Å²) in [7, 11) is 0. The molecule has 0 unspecified atom stereocenters. The van der Waals surface area contributed by atoms with E-state index in [9.17, 15) is 4.79 Å². The Morgan fingerprint density at radius 1 is 1.24 bits per heavy atom. The number of aromatic amines is 1. The Morgan fingerprint density at radius 2 is 2.06 bits per heavy atom. The maximum Gasteiger partial charge on any atom is 0.253 e. The maximum absolute atomic E-state index is 12.9. The second kappa shape index (κ2) is 11.1. The van der Waals surface area contributed by atoms with Crippen molar-refractivity contribution in [2.45, 2.75) is 26.4 Å². The zero-order valence-corrected chi connectivity index (χ0v) is 19.5. The van der Waals surface area contributed by atoms with Crippen molar-refractivity contribution in [3.63, 3.8) is 0 Å². The number of hydrogen-bond donors (Lipinski definition) is 2. The van der Waals surface area contributed by atoms with Gasteiger partial charge in [-0.25, -0.2) is 0 Å². The first-order chi connectivity index (χ1) is 16.1. The van der Waals surface area contributed by atoms with Crippen molar-refractivity contribution < 1.29 is 14.2 Å². The van der Waals surface area contributed by atoms with Gasteiger partial charge in [-0.3, -0.25) is 9.78 Å². The number of H-pyrrole nitrogens is 1. The monoisotopic (exact) mass is 468 g/mol. The van der Waals surface area contributed by atoms with E-state index in [1.807, 2.05) is 42.2 Å². The highest BCUT2D eigenvalue weighted by Gasteiger charge is 2.17. The molecule has 1 aliphatic heterocycles. The van der Waals surface area contributed by atoms with Gasteiger partial charge in [0.1, 0.15) is 13.2 Å². The number of thiocarbonyl (C=S) groups is 1. The largest absolute Gasteiger partial charge is 0.486 e. The van der Waals surface area contributed by atoms with Gasteiger partial charge in [0, 0.05) is 55.7 Å². The van der Waals surface area contributed by atoms with Crippen molar-refractivity contribution in [3.8, 4) is 11.5 Å². The van der Waals surface area contributed by atoms with Crippen molar-refractivity contribution in [3.05, 3.63) is 64.2 Å². The number of pyridine rings is 2. The fraction of sp³-hybridized carbons (Fsp3) is 0.375. The van der Waals surface area contributed by atoms with Crippen LogP contribution in [0.1, 0.15) is 24.5 Å². The standard InChI is InChI=1S/C24H28N4O4S/c1-2-30-8-4-7-26-24(33)28(15-17-5-3-6-25-14-17)16-19-11-18-12-21-22(32-10-9-31-21)13-20(18)27-23(19)29/h3,5-6,11-14H,2,4,7-10,15-16H2,1H3,(H,26,33)(H,27,29). The highest BCUT2D eigenvalue weighted by atomic mass is 32.1. The number of nitrogens with one attached hydrogen (secondary N) is 2. The third-order valence-electron chi connectivity index (χ3n) is 5.27. The Hall–Kier alpha value is -3.17. The summed E-state index contributed by atoms with van der Waals surface area (Å²) in [5.41, 5.74) is 2.17. The van der Waals surface area contributed by atoms with Crippen LogP contribution in [-0.4, -0.2) is 53.0 Å². The lowest BCUT2D eigenvalue weighted by Gasteiger charge is -2.26. The van der Waals surface area contributed by atoms with Gasteiger partial charge in [0.05, 0.1) is 12.1 Å². The number of ether oxygens (including phenoxy) is 3. The summed E-state index contributed by atoms with van der Waals surface area (Å²) in [4.78, 5) is 22.0. The first-order valence-corrected chi connectivity index (χ1v) is 11.5. The smallest absolute Gasteiger partial charge is 0.253 e. The Bertz CT molecular complexity index is 1150. The van der Waals surface area contributed by atoms with Gasteiger partial charge < -0.3 is 29.4 Å². The van der Waals surface area contributed by atoms with Crippen LogP contribution in [0.4, 0.5) is 0 Å². The molecule has 1 aromatic carbocycles. The van der Waals surface area contributed by atoms with Crippen LogP contribution in [0.3, 0.4) is 0 Å². The van der Waals surface area contributed by atoms with Crippen LogP contribution in [-0.2, 0) is 17.8 Å². The SMILES string of the molecule is CCOCCCNC(=S)N(Cc1cccnc1)Cc1cc2cc3c(cc2[nH]c1=O)OCCO3. The number of nitrogens with zero attached hydrogens (tertiary/aromatic N) is 2. The molecule has 3 heterocycles. The lowest BCUT2D eigenvalue weighted by molar-refractivity contribution is 0.145. The van der Waals surface area contributed by atoms with E-state index in [4.69, 9.17) is 26.4 Å². The molecule has 2 aromatic heterocycles. The Kier molecular flexibility index (Phi) is 7.74. The highest BCUT2D eigenvalue weighted by molar-refractivity contribution is 7.80. The zero-order chi connectivity index (χ0) is 23.0. The number of hydrogen-bond acceptors (Lipinski definition) is 6. The molecule has 0 amide bonds. The average Bonchev–Trinajstić information content (AvgIpc) is 2.83. The van der Waals surface area contributed by atoms with Crippen LogP contribution in [0, 0.1) is 0 Å². The molecule has 0 aliphatic carbocycles. The van der Waals surface area contributed by atoms with E-state index in [1.165, 1.54) is 0 Å². The number of fused-ring (bicyclic) bond motifs is 2. The number of aromatic nitrogens is 2. The first kappa shape index (κ1) is 23.0. The summed E-state index contributed by atoms with van der Waals surface area (Å²) in [6, 6.07) is 9.48. The molecule has 1 aliphatic rings. The van der Waals surface area contributed by atoms with Gasteiger partial charge in [-0.15, -0.1) is 0 Å². The predicted molar refractivity (Wildman–Crippen MR) is 131 cm³/mol. The van der Waals surface area contributed by atoms with Crippen LogP contribution in [0.2, 0.25) is 0 Å². The number of rotatable bonds is 9. The van der Waals surface area contributed by atoms with Crippen molar-refractivity contribution in [2.24, 2.45) is 0 Å². The van der Waals surface area contributed by atoms with Gasteiger partial charge in [0.25, 0.3) is 5.56 Å². The minimum Gasteiger partial charge on any atom is -0.486 e. The lowest BCUT2D eigenvalue weighted by atomic mass is 10.1. The summed E-state index contributed by atoms with van der Waals surface area (Å²) >= 11 is 5.68. The minimum atomic E-state index is -0.158. The van der Waals surface area contributed by atoms with Crippen LogP contribution < -0.4 is 20.3 Å². The molecule has 9 heteroatoms. The normalized spacial score (nSPS) is 12.5. The van der Waals surface area contributed by atoms with Gasteiger partial charge >= 0.3 is 0 Å². The third-order valence-corrected chi connectivity index (χ3v) is 5.68. The molecule has 0 saturated heterocycles. The van der Waals surface area contributed by atoms with E-state index < -0.39 is 0 Å². The molecule has 33 heavy (non-hydrogen) atoms. The van der Waals surface area contributed by atoms with Gasteiger partial charge in [-0.2, -0.15) is 0 Å². The molecule has 8 nitrogen and oxygen atoms in total. The van der Waals surface area contributed by atoms with E-state index in [0.717, 1.165) is 17.4 Å². The predicted octanol–water partition coefficient (Wildman–Crippen LogP) is 3.00. The fourth-order valence-corrected chi connectivity index (χ4v) is 3.88. The zero-order valence-electron chi connectivity index (χ0n) is 18.6. The van der Waals surface area contributed by atoms with Gasteiger partial charge in [-0.05, 0) is 49.3 Å². The Balaban J connectivity index is 1.55. The lowest BCUT2D eigenvalue weighted by Crippen LogP contribution is -2.40. The van der Waals surface area contributed by atoms with Crippen LogP contribution in [0.25, 0.3) is 10.9 Å². The Morgan fingerprint density at radius 3 is 2.82 bits per heavy atom. The summed E-state index contributed by atoms with van der Waals surface area (Å²) in [6.07, 6.45) is 4.38. The van der Waals surface area contributed by atoms with Crippen LogP contribution in [0.5, 0.6) is 11.5 Å². The fourth-order valence-electron chi connectivity index (χ4n) is 3.65. The molecule has 0 fully saturated rings. The van der Waals surface area contributed by atoms with E-state index >= 15 is 0 Å². The van der Waals surface area contributed by atoms with Gasteiger partial charge in [0.15, 0.2) is 16.6 Å². The molecule has 0 radical (unpaired) electrons. The topological polar surface area (TPSA) is 88.7 Å². The maximum atomic E-state index is 12.9. The van der Waals surface area contributed by atoms with E-state index in [2.05, 4.69) is 15.3 Å². The van der Waals surface area contributed by atoms with Gasteiger partial charge in [0.2, 0.25) is 0 Å². The molecule has 0 spiro atoms. The molecule has 0 bridgehead atoms. The second-order valence-corrected chi connectivity index (χ2v) is 8.09. The molecule has 4 rings (SSSR count). The first-order valence-electron chi connectivity index (χ1n) is 11.1. The van der Waals surface area contributed by atoms with E-state index in [-0.39, 0.29) is 5.56 Å². The second-order valence-electron chi connectivity index (χ2n) is 7.71. The van der Waals surface area contributed by atoms with Crippen molar-refractivity contribution >= 4 is 28.2 Å². The summed E-state index contributed by atoms with van der Waals surface area (Å²) in [5.74, 6) is 1.33. The molecule has 3 aromatic rings. The summed E-state index contributed by atoms with van der Waals surface area (Å²) in [5, 5.41) is 4.75. The molecular weight excluding hydrogens is 440 g/mol. The molecule has 174 valence electrons. The quantitative estimate of drug-likeness (QED) is 0.366. The van der Waals surface area contributed by atoms with Crippen LogP contribution >= 0.6 is 12.2 Å². The van der Waals surface area contributed by atoms with Gasteiger partial charge in [-0.1, -0.05) is 6.07 Å². The van der Waals surface area contributed by atoms with Crippen LogP contribution in [0.15, 0.2) is 47.5 Å². The van der Waals surface area contributed by atoms with Crippen molar-refractivity contribution in [1.82, 2.24) is 20.2 Å². The summed E-state index contributed by atoms with van der Waals surface area (Å²) in [6.45, 7) is 5.94. The Labute approximate surface area is 197 Å². The molecule has 2 N–H and O–H groups in total. The average molecular weight is 469 g/mol. The molecule has 0 saturated carbocycles. The minimum absolute atomic E-state index is 0.158. The molecular formula is C24H28N4O4S. The van der Waals surface area contributed by atoms with Crippen molar-refractivity contribution in [1.29, 1.82) is 0 Å². The van der Waals surface area contributed by atoms with Crippen molar-refractivity contribution in [2.75, 3.05) is 33.0 Å². The number of benzene rings is 1. The van der Waals surface area contributed by atoms with E-state index in [1.54, 1.807) is 12.4 Å². The van der Waals surface area contributed by atoms with E-state index in [0.29, 0.717) is 73.8 Å². The molecule has 0 atom stereocenters. The summed E-state index contributed by atoms with van der Waals surface area (Å²) < 4.78 is 16.7.